The second-order valence-electron chi connectivity index (χ2n) is 6.44. The molecule has 5 heteroatoms. The number of amides is 2. The van der Waals surface area contributed by atoms with Crippen LogP contribution < -0.4 is 11.1 Å². The van der Waals surface area contributed by atoms with Crippen molar-refractivity contribution in [3.05, 3.63) is 42.5 Å². The second-order valence-corrected chi connectivity index (χ2v) is 6.44. The van der Waals surface area contributed by atoms with Gasteiger partial charge in [0.05, 0.1) is 6.04 Å². The zero-order chi connectivity index (χ0) is 17.1. The summed E-state index contributed by atoms with van der Waals surface area (Å²) in [5, 5.41) is 5.24. The Kier molecular flexibility index (Phi) is 4.81. The van der Waals surface area contributed by atoms with Gasteiger partial charge in [0.1, 0.15) is 0 Å². The molecular formula is C19H23N3O2. The van der Waals surface area contributed by atoms with E-state index in [1.54, 1.807) is 0 Å². The van der Waals surface area contributed by atoms with Gasteiger partial charge in [0.15, 0.2) is 0 Å². The maximum absolute atomic E-state index is 12.5. The number of nitrogens with one attached hydrogen (secondary N) is 1. The van der Waals surface area contributed by atoms with Crippen LogP contribution in [-0.2, 0) is 9.59 Å². The highest BCUT2D eigenvalue weighted by Gasteiger charge is 2.28. The lowest BCUT2D eigenvalue weighted by Gasteiger charge is -2.34. The molecule has 126 valence electrons. The quantitative estimate of drug-likeness (QED) is 0.906. The number of nitrogens with two attached hydrogens (primary N) is 1. The monoisotopic (exact) mass is 325 g/mol. The van der Waals surface area contributed by atoms with Gasteiger partial charge in [-0.15, -0.1) is 0 Å². The Morgan fingerprint density at radius 1 is 1.12 bits per heavy atom. The molecule has 0 spiro atoms. The van der Waals surface area contributed by atoms with Crippen LogP contribution in [0.4, 0.5) is 5.69 Å². The lowest BCUT2D eigenvalue weighted by atomic mass is 9.95. The number of hydrogen-bond donors (Lipinski definition) is 2. The number of piperidine rings is 1. The van der Waals surface area contributed by atoms with Crippen LogP contribution in [-0.4, -0.2) is 35.8 Å². The SMILES string of the molecule is C[C@@H](C(=O)Nc1ccc2ccccc2c1)N1CCC(C(N)=O)CC1. The lowest BCUT2D eigenvalue weighted by molar-refractivity contribution is -0.124. The summed E-state index contributed by atoms with van der Waals surface area (Å²) in [5.41, 5.74) is 6.16. The smallest absolute Gasteiger partial charge is 0.241 e. The first-order valence-electron chi connectivity index (χ1n) is 8.37. The summed E-state index contributed by atoms with van der Waals surface area (Å²) in [6.45, 7) is 3.35. The summed E-state index contributed by atoms with van der Waals surface area (Å²) in [6.07, 6.45) is 1.45. The van der Waals surface area contributed by atoms with E-state index < -0.39 is 0 Å². The van der Waals surface area contributed by atoms with Gasteiger partial charge in [-0.25, -0.2) is 0 Å². The Balaban J connectivity index is 1.62. The number of carbonyl (C=O) groups is 2. The van der Waals surface area contributed by atoms with E-state index in [0.29, 0.717) is 0 Å². The van der Waals surface area contributed by atoms with E-state index in [1.165, 1.54) is 0 Å². The van der Waals surface area contributed by atoms with Crippen LogP contribution in [0.2, 0.25) is 0 Å². The fraction of sp³-hybridized carbons (Fsp3) is 0.368. The van der Waals surface area contributed by atoms with Gasteiger partial charge >= 0.3 is 0 Å². The molecule has 1 fully saturated rings. The van der Waals surface area contributed by atoms with Crippen LogP contribution in [0.15, 0.2) is 42.5 Å². The molecule has 1 aliphatic rings. The fourth-order valence-electron chi connectivity index (χ4n) is 3.25. The Bertz CT molecular complexity index is 751. The molecule has 0 bridgehead atoms. The Labute approximate surface area is 141 Å². The van der Waals surface area contributed by atoms with Crippen molar-refractivity contribution in [1.29, 1.82) is 0 Å². The average Bonchev–Trinajstić information content (AvgIpc) is 2.61. The zero-order valence-corrected chi connectivity index (χ0v) is 13.9. The highest BCUT2D eigenvalue weighted by Crippen LogP contribution is 2.21. The molecule has 24 heavy (non-hydrogen) atoms. The van der Waals surface area contributed by atoms with Gasteiger partial charge in [-0.2, -0.15) is 0 Å². The molecule has 3 rings (SSSR count). The van der Waals surface area contributed by atoms with Gasteiger partial charge in [0, 0.05) is 11.6 Å². The molecule has 1 heterocycles. The molecule has 1 atom stereocenters. The van der Waals surface area contributed by atoms with Crippen molar-refractivity contribution in [2.24, 2.45) is 11.7 Å². The van der Waals surface area contributed by atoms with Gasteiger partial charge in [0.2, 0.25) is 11.8 Å². The molecule has 2 aromatic carbocycles. The molecular weight excluding hydrogens is 302 g/mol. The molecule has 0 aliphatic carbocycles. The first-order chi connectivity index (χ1) is 11.5. The van der Waals surface area contributed by atoms with E-state index >= 15 is 0 Å². The molecule has 1 saturated heterocycles. The fourth-order valence-corrected chi connectivity index (χ4v) is 3.25. The maximum atomic E-state index is 12.5. The summed E-state index contributed by atoms with van der Waals surface area (Å²) in [5.74, 6) is -0.317. The van der Waals surface area contributed by atoms with Crippen LogP contribution in [0.5, 0.6) is 0 Å². The van der Waals surface area contributed by atoms with Gasteiger partial charge in [-0.05, 0) is 55.8 Å². The van der Waals surface area contributed by atoms with Crippen LogP contribution in [0, 0.1) is 5.92 Å². The van der Waals surface area contributed by atoms with Crippen LogP contribution in [0.25, 0.3) is 10.8 Å². The number of rotatable bonds is 4. The van der Waals surface area contributed by atoms with Gasteiger partial charge in [-0.1, -0.05) is 30.3 Å². The standard InChI is InChI=1S/C19H23N3O2/c1-13(22-10-8-15(9-11-22)18(20)23)19(24)21-17-7-6-14-4-2-3-5-16(14)12-17/h2-7,12-13,15H,8-11H2,1H3,(H2,20,23)(H,21,24)/t13-/m0/s1. The summed E-state index contributed by atoms with van der Waals surface area (Å²) >= 11 is 0. The minimum absolute atomic E-state index is 0.0252. The number of primary amides is 1. The van der Waals surface area contributed by atoms with Gasteiger partial charge in [-0.3, -0.25) is 14.5 Å². The minimum Gasteiger partial charge on any atom is -0.369 e. The molecule has 2 amide bonds. The summed E-state index contributed by atoms with van der Waals surface area (Å²) in [6, 6.07) is 13.7. The Morgan fingerprint density at radius 3 is 2.46 bits per heavy atom. The van der Waals surface area contributed by atoms with E-state index in [2.05, 4.69) is 10.2 Å². The second kappa shape index (κ2) is 7.01. The topological polar surface area (TPSA) is 75.4 Å². The largest absolute Gasteiger partial charge is 0.369 e. The third-order valence-electron chi connectivity index (χ3n) is 4.88. The van der Waals surface area contributed by atoms with Crippen molar-refractivity contribution < 1.29 is 9.59 Å². The molecule has 0 aromatic heterocycles. The molecule has 0 unspecified atom stereocenters. The molecule has 2 aromatic rings. The third kappa shape index (κ3) is 3.57. The molecule has 0 saturated carbocycles. The summed E-state index contributed by atoms with van der Waals surface area (Å²) in [4.78, 5) is 25.9. The van der Waals surface area contributed by atoms with Crippen LogP contribution >= 0.6 is 0 Å². The van der Waals surface area contributed by atoms with Crippen LogP contribution in [0.1, 0.15) is 19.8 Å². The van der Waals surface area contributed by atoms with E-state index in [1.807, 2.05) is 49.4 Å². The van der Waals surface area contributed by atoms with Crippen molar-refractivity contribution in [2.45, 2.75) is 25.8 Å². The Hall–Kier alpha value is -2.40. The maximum Gasteiger partial charge on any atom is 0.241 e. The predicted octanol–water partition coefficient (Wildman–Crippen LogP) is 2.36. The number of anilines is 1. The normalized spacial score (nSPS) is 17.5. The van der Waals surface area contributed by atoms with E-state index in [4.69, 9.17) is 5.73 Å². The number of carbonyl (C=O) groups excluding carboxylic acids is 2. The summed E-state index contributed by atoms with van der Waals surface area (Å²) < 4.78 is 0. The van der Waals surface area contributed by atoms with Crippen molar-refractivity contribution >= 4 is 28.3 Å². The highest BCUT2D eigenvalue weighted by atomic mass is 16.2. The van der Waals surface area contributed by atoms with Crippen LogP contribution in [0.3, 0.4) is 0 Å². The van der Waals surface area contributed by atoms with Gasteiger partial charge in [0.25, 0.3) is 0 Å². The zero-order valence-electron chi connectivity index (χ0n) is 13.9. The van der Waals surface area contributed by atoms with Gasteiger partial charge < -0.3 is 11.1 Å². The van der Waals surface area contributed by atoms with E-state index in [-0.39, 0.29) is 23.8 Å². The minimum atomic E-state index is -0.233. The van der Waals surface area contributed by atoms with E-state index in [9.17, 15) is 9.59 Å². The van der Waals surface area contributed by atoms with Crippen molar-refractivity contribution in [3.8, 4) is 0 Å². The molecule has 5 nitrogen and oxygen atoms in total. The first kappa shape index (κ1) is 16.5. The first-order valence-corrected chi connectivity index (χ1v) is 8.37. The van der Waals surface area contributed by atoms with Crippen molar-refractivity contribution in [2.75, 3.05) is 18.4 Å². The lowest BCUT2D eigenvalue weighted by Crippen LogP contribution is -2.47. The third-order valence-corrected chi connectivity index (χ3v) is 4.88. The average molecular weight is 325 g/mol. The van der Waals surface area contributed by atoms with E-state index in [0.717, 1.165) is 42.4 Å². The van der Waals surface area contributed by atoms with Crippen molar-refractivity contribution in [1.82, 2.24) is 4.90 Å². The number of nitrogens with zero attached hydrogens (tertiary/aromatic N) is 1. The number of fused-ring (bicyclic) bond motifs is 1. The Morgan fingerprint density at radius 2 is 1.79 bits per heavy atom. The summed E-state index contributed by atoms with van der Waals surface area (Å²) in [7, 11) is 0. The number of hydrogen-bond acceptors (Lipinski definition) is 3. The number of likely N-dealkylation sites (tertiary alicyclic amines) is 1. The molecule has 0 radical (unpaired) electrons. The molecule has 1 aliphatic heterocycles. The highest BCUT2D eigenvalue weighted by molar-refractivity contribution is 5.97. The number of benzene rings is 2. The predicted molar refractivity (Wildman–Crippen MR) is 95.5 cm³/mol. The van der Waals surface area contributed by atoms with Crippen molar-refractivity contribution in [3.63, 3.8) is 0 Å². The molecule has 3 N–H and O–H groups in total.